The molecule has 144 valence electrons. The van der Waals surface area contributed by atoms with Gasteiger partial charge in [-0.25, -0.2) is 8.42 Å². The lowest BCUT2D eigenvalue weighted by atomic mass is 10.1. The van der Waals surface area contributed by atoms with Gasteiger partial charge in [0, 0.05) is 17.8 Å². The van der Waals surface area contributed by atoms with Crippen molar-refractivity contribution in [1.29, 1.82) is 0 Å². The van der Waals surface area contributed by atoms with Crippen LogP contribution in [-0.4, -0.2) is 26.6 Å². The monoisotopic (exact) mass is 398 g/mol. The van der Waals surface area contributed by atoms with Gasteiger partial charge in [-0.05, 0) is 55.3 Å². The number of alkyl halides is 3. The van der Waals surface area contributed by atoms with Crippen molar-refractivity contribution in [2.75, 3.05) is 21.9 Å². The number of aryl methyl sites for hydroxylation is 1. The number of carbonyl (C=O) groups excluding carboxylic acids is 1. The van der Waals surface area contributed by atoms with Crippen LogP contribution in [-0.2, 0) is 16.2 Å². The molecule has 9 heteroatoms. The first-order valence-electron chi connectivity index (χ1n) is 8.17. The number of hydrogen-bond acceptors (Lipinski definition) is 3. The molecule has 1 aliphatic heterocycles. The minimum Gasteiger partial charge on any atom is -0.322 e. The van der Waals surface area contributed by atoms with E-state index in [1.54, 1.807) is 0 Å². The zero-order valence-corrected chi connectivity index (χ0v) is 15.2. The quantitative estimate of drug-likeness (QED) is 0.855. The van der Waals surface area contributed by atoms with Gasteiger partial charge in [0.05, 0.1) is 17.0 Å². The molecule has 3 rings (SSSR count). The summed E-state index contributed by atoms with van der Waals surface area (Å²) in [6.07, 6.45) is -3.97. The Morgan fingerprint density at radius 2 is 1.78 bits per heavy atom. The molecule has 1 heterocycles. The standard InChI is InChI=1S/C18H17F3N2O3S/c1-12-3-6-14(11-16(12)18(19,20)21)22-17(24)13-4-7-15(8-5-13)23-9-2-10-27(23,25)26/h3-8,11H,2,9-10H2,1H3,(H,22,24). The maximum Gasteiger partial charge on any atom is 0.416 e. The highest BCUT2D eigenvalue weighted by molar-refractivity contribution is 7.93. The van der Waals surface area contributed by atoms with Crippen LogP contribution in [0.3, 0.4) is 0 Å². The zero-order chi connectivity index (χ0) is 19.8. The third-order valence-electron chi connectivity index (χ3n) is 4.32. The van der Waals surface area contributed by atoms with Crippen molar-refractivity contribution in [2.45, 2.75) is 19.5 Å². The van der Waals surface area contributed by atoms with E-state index in [9.17, 15) is 26.4 Å². The van der Waals surface area contributed by atoms with Gasteiger partial charge in [-0.15, -0.1) is 0 Å². The van der Waals surface area contributed by atoms with E-state index in [1.807, 2.05) is 0 Å². The summed E-state index contributed by atoms with van der Waals surface area (Å²) >= 11 is 0. The molecule has 5 nitrogen and oxygen atoms in total. The van der Waals surface area contributed by atoms with Gasteiger partial charge in [0.2, 0.25) is 10.0 Å². The summed E-state index contributed by atoms with van der Waals surface area (Å²) in [6.45, 7) is 1.73. The Bertz CT molecular complexity index is 970. The van der Waals surface area contributed by atoms with E-state index < -0.39 is 27.7 Å². The highest BCUT2D eigenvalue weighted by Crippen LogP contribution is 2.33. The molecule has 0 radical (unpaired) electrons. The van der Waals surface area contributed by atoms with Crippen LogP contribution < -0.4 is 9.62 Å². The van der Waals surface area contributed by atoms with Crippen LogP contribution in [0.1, 0.15) is 27.9 Å². The molecule has 1 N–H and O–H groups in total. The molecular formula is C18H17F3N2O3S. The topological polar surface area (TPSA) is 66.5 Å². The molecule has 27 heavy (non-hydrogen) atoms. The summed E-state index contributed by atoms with van der Waals surface area (Å²) in [7, 11) is -3.32. The summed E-state index contributed by atoms with van der Waals surface area (Å²) < 4.78 is 64.0. The highest BCUT2D eigenvalue weighted by Gasteiger charge is 2.32. The molecule has 0 spiro atoms. The summed E-state index contributed by atoms with van der Waals surface area (Å²) in [5.74, 6) is -0.493. The van der Waals surface area contributed by atoms with E-state index >= 15 is 0 Å². The number of halogens is 3. The van der Waals surface area contributed by atoms with Gasteiger partial charge in [-0.2, -0.15) is 13.2 Å². The highest BCUT2D eigenvalue weighted by atomic mass is 32.2. The van der Waals surface area contributed by atoms with Crippen molar-refractivity contribution in [1.82, 2.24) is 0 Å². The normalized spacial score (nSPS) is 16.4. The number of anilines is 2. The van der Waals surface area contributed by atoms with Crippen molar-refractivity contribution in [3.8, 4) is 0 Å². The molecular weight excluding hydrogens is 381 g/mol. The summed E-state index contributed by atoms with van der Waals surface area (Å²) in [6, 6.07) is 9.47. The number of sulfonamides is 1. The first kappa shape index (κ1) is 19.2. The number of nitrogens with one attached hydrogen (secondary N) is 1. The molecule has 1 fully saturated rings. The molecule has 0 bridgehead atoms. The van der Waals surface area contributed by atoms with E-state index in [0.29, 0.717) is 18.7 Å². The minimum atomic E-state index is -4.51. The Hall–Kier alpha value is -2.55. The smallest absolute Gasteiger partial charge is 0.322 e. The summed E-state index contributed by atoms with van der Waals surface area (Å²) in [5.41, 5.74) is -0.0427. The van der Waals surface area contributed by atoms with Crippen LogP contribution >= 0.6 is 0 Å². The van der Waals surface area contributed by atoms with Gasteiger partial charge >= 0.3 is 6.18 Å². The lowest BCUT2D eigenvalue weighted by molar-refractivity contribution is -0.138. The second kappa shape index (κ2) is 6.88. The number of benzene rings is 2. The first-order valence-corrected chi connectivity index (χ1v) is 9.78. The van der Waals surface area contributed by atoms with Gasteiger partial charge in [0.1, 0.15) is 0 Å². The lowest BCUT2D eigenvalue weighted by Gasteiger charge is -2.17. The molecule has 0 saturated carbocycles. The van der Waals surface area contributed by atoms with Crippen molar-refractivity contribution < 1.29 is 26.4 Å². The van der Waals surface area contributed by atoms with Crippen molar-refractivity contribution >= 4 is 27.3 Å². The van der Waals surface area contributed by atoms with Gasteiger partial charge in [-0.1, -0.05) is 6.07 Å². The molecule has 1 saturated heterocycles. The number of hydrogen-bond donors (Lipinski definition) is 1. The van der Waals surface area contributed by atoms with Gasteiger partial charge in [0.25, 0.3) is 5.91 Å². The molecule has 1 amide bonds. The Kier molecular flexibility index (Phi) is 4.90. The fourth-order valence-electron chi connectivity index (χ4n) is 2.92. The Morgan fingerprint density at radius 1 is 1.11 bits per heavy atom. The van der Waals surface area contributed by atoms with Crippen LogP contribution in [0, 0.1) is 6.92 Å². The summed E-state index contributed by atoms with van der Waals surface area (Å²) in [4.78, 5) is 12.3. The van der Waals surface area contributed by atoms with Crippen molar-refractivity contribution in [3.05, 3.63) is 59.2 Å². The van der Waals surface area contributed by atoms with Crippen LogP contribution in [0.15, 0.2) is 42.5 Å². The van der Waals surface area contributed by atoms with E-state index in [4.69, 9.17) is 0 Å². The van der Waals surface area contributed by atoms with Crippen molar-refractivity contribution in [2.24, 2.45) is 0 Å². The molecule has 1 aliphatic rings. The number of nitrogens with zero attached hydrogens (tertiary/aromatic N) is 1. The van der Waals surface area contributed by atoms with Crippen LogP contribution in [0.4, 0.5) is 24.5 Å². The average Bonchev–Trinajstić information content (AvgIpc) is 2.95. The number of rotatable bonds is 3. The zero-order valence-electron chi connectivity index (χ0n) is 14.4. The molecule has 2 aromatic rings. The van der Waals surface area contributed by atoms with Crippen LogP contribution in [0.2, 0.25) is 0 Å². The molecule has 0 unspecified atom stereocenters. The average molecular weight is 398 g/mol. The predicted octanol–water partition coefficient (Wildman–Crippen LogP) is 3.81. The van der Waals surface area contributed by atoms with E-state index in [2.05, 4.69) is 5.32 Å². The maximum atomic E-state index is 13.0. The Labute approximate surface area is 154 Å². The first-order chi connectivity index (χ1) is 12.6. The largest absolute Gasteiger partial charge is 0.416 e. The second-order valence-electron chi connectivity index (χ2n) is 6.27. The third kappa shape index (κ3) is 4.08. The van der Waals surface area contributed by atoms with Crippen LogP contribution in [0.25, 0.3) is 0 Å². The van der Waals surface area contributed by atoms with E-state index in [-0.39, 0.29) is 22.6 Å². The predicted molar refractivity (Wildman–Crippen MR) is 96.3 cm³/mol. The van der Waals surface area contributed by atoms with E-state index in [1.165, 1.54) is 47.6 Å². The summed E-state index contributed by atoms with van der Waals surface area (Å²) in [5, 5.41) is 2.43. The van der Waals surface area contributed by atoms with Gasteiger partial charge in [-0.3, -0.25) is 9.10 Å². The van der Waals surface area contributed by atoms with Gasteiger partial charge in [0.15, 0.2) is 0 Å². The fraction of sp³-hybridized carbons (Fsp3) is 0.278. The lowest BCUT2D eigenvalue weighted by Crippen LogP contribution is -2.25. The number of amides is 1. The SMILES string of the molecule is Cc1ccc(NC(=O)c2ccc(N3CCCS3(=O)=O)cc2)cc1C(F)(F)F. The van der Waals surface area contributed by atoms with Gasteiger partial charge < -0.3 is 5.32 Å². The number of carbonyl (C=O) groups is 1. The molecule has 0 aliphatic carbocycles. The second-order valence-corrected chi connectivity index (χ2v) is 8.28. The Balaban J connectivity index is 1.77. The van der Waals surface area contributed by atoms with Crippen LogP contribution in [0.5, 0.6) is 0 Å². The third-order valence-corrected chi connectivity index (χ3v) is 6.19. The maximum absolute atomic E-state index is 13.0. The molecule has 0 aromatic heterocycles. The fourth-order valence-corrected chi connectivity index (χ4v) is 4.48. The molecule has 2 aromatic carbocycles. The molecule has 0 atom stereocenters. The van der Waals surface area contributed by atoms with Crippen molar-refractivity contribution in [3.63, 3.8) is 0 Å². The van der Waals surface area contributed by atoms with E-state index in [0.717, 1.165) is 6.07 Å². The Morgan fingerprint density at radius 3 is 2.33 bits per heavy atom. The minimum absolute atomic E-state index is 0.0316.